The third-order valence-electron chi connectivity index (χ3n) is 3.46. The third kappa shape index (κ3) is 3.19. The van der Waals surface area contributed by atoms with Gasteiger partial charge < -0.3 is 10.6 Å². The van der Waals surface area contributed by atoms with Crippen molar-refractivity contribution in [2.45, 2.75) is 31.7 Å². The van der Waals surface area contributed by atoms with Gasteiger partial charge >= 0.3 is 0 Å². The second kappa shape index (κ2) is 4.94. The smallest absolute Gasteiger partial charge is 0.226 e. The lowest BCUT2D eigenvalue weighted by Gasteiger charge is -2.24. The van der Waals surface area contributed by atoms with E-state index in [1.165, 1.54) is 0 Å². The Kier molecular flexibility index (Phi) is 3.73. The molecule has 1 atom stereocenters. The lowest BCUT2D eigenvalue weighted by Crippen LogP contribution is -2.39. The number of hydrogen-bond donors (Lipinski definition) is 1. The molecular formula is C11H20N2O3S. The highest BCUT2D eigenvalue weighted by Crippen LogP contribution is 2.30. The molecule has 5 nitrogen and oxygen atoms in total. The summed E-state index contributed by atoms with van der Waals surface area (Å²) in [6.45, 7) is 1.25. The Morgan fingerprint density at radius 2 is 2.00 bits per heavy atom. The fourth-order valence-corrected chi connectivity index (χ4v) is 4.08. The summed E-state index contributed by atoms with van der Waals surface area (Å²) in [4.78, 5) is 14.1. The van der Waals surface area contributed by atoms with Crippen LogP contribution in [0, 0.1) is 5.92 Å². The van der Waals surface area contributed by atoms with Gasteiger partial charge in [0.05, 0.1) is 17.4 Å². The zero-order chi connectivity index (χ0) is 12.5. The van der Waals surface area contributed by atoms with Gasteiger partial charge in [0.1, 0.15) is 0 Å². The van der Waals surface area contributed by atoms with Gasteiger partial charge in [0.2, 0.25) is 5.91 Å². The van der Waals surface area contributed by atoms with Crippen molar-refractivity contribution < 1.29 is 13.2 Å². The molecule has 1 amide bonds. The molecule has 0 aromatic carbocycles. The number of hydrogen-bond acceptors (Lipinski definition) is 4. The molecule has 98 valence electrons. The SMILES string of the molecule is NCCCN(C(=O)C1CCS(=O)(=O)C1)C1CC1. The first-order valence-corrected chi connectivity index (χ1v) is 8.06. The molecule has 0 spiro atoms. The molecule has 0 bridgehead atoms. The van der Waals surface area contributed by atoms with Gasteiger partial charge in [-0.1, -0.05) is 0 Å². The first-order chi connectivity index (χ1) is 8.03. The fourth-order valence-electron chi connectivity index (χ4n) is 2.34. The van der Waals surface area contributed by atoms with Crippen LogP contribution < -0.4 is 5.73 Å². The highest BCUT2D eigenvalue weighted by Gasteiger charge is 2.39. The summed E-state index contributed by atoms with van der Waals surface area (Å²) in [7, 11) is -2.97. The summed E-state index contributed by atoms with van der Waals surface area (Å²) in [5.74, 6) is -0.0726. The molecule has 2 fully saturated rings. The minimum Gasteiger partial charge on any atom is -0.339 e. The topological polar surface area (TPSA) is 80.5 Å². The van der Waals surface area contributed by atoms with E-state index in [-0.39, 0.29) is 23.3 Å². The van der Waals surface area contributed by atoms with E-state index in [0.717, 1.165) is 19.3 Å². The van der Waals surface area contributed by atoms with Crippen LogP contribution in [0.5, 0.6) is 0 Å². The van der Waals surface area contributed by atoms with Crippen LogP contribution in [0.15, 0.2) is 0 Å². The van der Waals surface area contributed by atoms with Crippen molar-refractivity contribution in [3.63, 3.8) is 0 Å². The number of amides is 1. The van der Waals surface area contributed by atoms with E-state index in [2.05, 4.69) is 0 Å². The molecule has 2 rings (SSSR count). The van der Waals surface area contributed by atoms with Crippen LogP contribution in [-0.2, 0) is 14.6 Å². The largest absolute Gasteiger partial charge is 0.339 e. The van der Waals surface area contributed by atoms with Crippen LogP contribution in [0.4, 0.5) is 0 Å². The Bertz CT molecular complexity index is 390. The predicted molar refractivity (Wildman–Crippen MR) is 65.2 cm³/mol. The fraction of sp³-hybridized carbons (Fsp3) is 0.909. The molecule has 0 aromatic heterocycles. The molecular weight excluding hydrogens is 240 g/mol. The van der Waals surface area contributed by atoms with Crippen molar-refractivity contribution in [1.29, 1.82) is 0 Å². The maximum absolute atomic E-state index is 12.2. The van der Waals surface area contributed by atoms with Crippen LogP contribution in [0.25, 0.3) is 0 Å². The van der Waals surface area contributed by atoms with E-state index in [4.69, 9.17) is 5.73 Å². The zero-order valence-corrected chi connectivity index (χ0v) is 10.8. The molecule has 1 unspecified atom stereocenters. The van der Waals surface area contributed by atoms with Gasteiger partial charge in [-0.15, -0.1) is 0 Å². The second-order valence-electron chi connectivity index (χ2n) is 5.00. The number of carbonyl (C=O) groups excluding carboxylic acids is 1. The maximum atomic E-state index is 12.2. The van der Waals surface area contributed by atoms with Gasteiger partial charge in [-0.25, -0.2) is 8.42 Å². The summed E-state index contributed by atoms with van der Waals surface area (Å²) < 4.78 is 22.8. The van der Waals surface area contributed by atoms with Crippen molar-refractivity contribution >= 4 is 15.7 Å². The Morgan fingerprint density at radius 3 is 2.47 bits per heavy atom. The number of carbonyl (C=O) groups is 1. The predicted octanol–water partition coefficient (Wildman–Crippen LogP) is -0.239. The number of sulfone groups is 1. The van der Waals surface area contributed by atoms with Gasteiger partial charge in [-0.05, 0) is 32.2 Å². The monoisotopic (exact) mass is 260 g/mol. The summed E-state index contributed by atoms with van der Waals surface area (Å²) in [6.07, 6.45) is 3.39. The van der Waals surface area contributed by atoms with Crippen LogP contribution in [-0.4, -0.2) is 49.9 Å². The van der Waals surface area contributed by atoms with Crippen molar-refractivity contribution in [3.8, 4) is 0 Å². The standard InChI is InChI=1S/C11H20N2O3S/c12-5-1-6-13(10-2-3-10)11(14)9-4-7-17(15,16)8-9/h9-10H,1-8,12H2. The molecule has 2 N–H and O–H groups in total. The van der Waals surface area contributed by atoms with E-state index >= 15 is 0 Å². The minimum atomic E-state index is -2.97. The van der Waals surface area contributed by atoms with Crippen molar-refractivity contribution in [2.75, 3.05) is 24.6 Å². The van der Waals surface area contributed by atoms with Gasteiger partial charge in [-0.3, -0.25) is 4.79 Å². The Balaban J connectivity index is 1.96. The lowest BCUT2D eigenvalue weighted by atomic mass is 10.1. The normalized spacial score (nSPS) is 27.0. The Morgan fingerprint density at radius 1 is 1.29 bits per heavy atom. The molecule has 0 aromatic rings. The molecule has 0 radical (unpaired) electrons. The van der Waals surface area contributed by atoms with E-state index in [9.17, 15) is 13.2 Å². The average Bonchev–Trinajstić information content (AvgIpc) is 3.03. The highest BCUT2D eigenvalue weighted by molar-refractivity contribution is 7.91. The molecule has 1 saturated heterocycles. The maximum Gasteiger partial charge on any atom is 0.226 e. The van der Waals surface area contributed by atoms with Gasteiger partial charge in [0.15, 0.2) is 9.84 Å². The van der Waals surface area contributed by atoms with Gasteiger partial charge in [-0.2, -0.15) is 0 Å². The number of rotatable bonds is 5. The molecule has 1 saturated carbocycles. The third-order valence-corrected chi connectivity index (χ3v) is 5.22. The van der Waals surface area contributed by atoms with Gasteiger partial charge in [0.25, 0.3) is 0 Å². The molecule has 1 heterocycles. The molecule has 2 aliphatic rings. The van der Waals surface area contributed by atoms with E-state index in [0.29, 0.717) is 25.6 Å². The highest BCUT2D eigenvalue weighted by atomic mass is 32.2. The average molecular weight is 260 g/mol. The quantitative estimate of drug-likeness (QED) is 0.740. The minimum absolute atomic E-state index is 0.0297. The molecule has 1 aliphatic heterocycles. The van der Waals surface area contributed by atoms with Crippen molar-refractivity contribution in [1.82, 2.24) is 4.90 Å². The van der Waals surface area contributed by atoms with Crippen LogP contribution >= 0.6 is 0 Å². The van der Waals surface area contributed by atoms with Crippen LogP contribution in [0.1, 0.15) is 25.7 Å². The summed E-state index contributed by atoms with van der Waals surface area (Å²) in [5.41, 5.74) is 5.46. The second-order valence-corrected chi connectivity index (χ2v) is 7.23. The molecule has 6 heteroatoms. The Labute approximate surface area is 102 Å². The Hall–Kier alpha value is -0.620. The molecule has 1 aliphatic carbocycles. The van der Waals surface area contributed by atoms with Crippen molar-refractivity contribution in [3.05, 3.63) is 0 Å². The number of nitrogens with two attached hydrogens (primary N) is 1. The van der Waals surface area contributed by atoms with E-state index in [1.807, 2.05) is 4.90 Å². The first kappa shape index (κ1) is 12.8. The molecule has 17 heavy (non-hydrogen) atoms. The van der Waals surface area contributed by atoms with Crippen molar-refractivity contribution in [2.24, 2.45) is 11.7 Å². The zero-order valence-electron chi connectivity index (χ0n) is 9.97. The lowest BCUT2D eigenvalue weighted by molar-refractivity contribution is -0.135. The van der Waals surface area contributed by atoms with E-state index in [1.54, 1.807) is 0 Å². The van der Waals surface area contributed by atoms with Gasteiger partial charge in [0, 0.05) is 12.6 Å². The summed E-state index contributed by atoms with van der Waals surface area (Å²) in [6, 6.07) is 0.345. The number of nitrogens with zero attached hydrogens (tertiary/aromatic N) is 1. The van der Waals surface area contributed by atoms with Crippen LogP contribution in [0.2, 0.25) is 0 Å². The van der Waals surface area contributed by atoms with Crippen LogP contribution in [0.3, 0.4) is 0 Å². The van der Waals surface area contributed by atoms with E-state index < -0.39 is 9.84 Å². The summed E-state index contributed by atoms with van der Waals surface area (Å²) >= 11 is 0. The first-order valence-electron chi connectivity index (χ1n) is 6.24. The summed E-state index contributed by atoms with van der Waals surface area (Å²) in [5, 5.41) is 0.